The van der Waals surface area contributed by atoms with Gasteiger partial charge in [0.25, 0.3) is 11.8 Å². The van der Waals surface area contributed by atoms with Crippen molar-refractivity contribution in [2.24, 2.45) is 0 Å². The largest absolute Gasteiger partial charge is 0.471 e. The van der Waals surface area contributed by atoms with Gasteiger partial charge in [0, 0.05) is 23.7 Å². The van der Waals surface area contributed by atoms with Crippen molar-refractivity contribution in [3.05, 3.63) is 35.2 Å². The lowest BCUT2D eigenvalue weighted by atomic mass is 9.88. The highest BCUT2D eigenvalue weighted by Gasteiger charge is 2.41. The van der Waals surface area contributed by atoms with Crippen LogP contribution in [0.1, 0.15) is 61.3 Å². The molecular formula is C21H23F3N4O4. The van der Waals surface area contributed by atoms with E-state index in [4.69, 9.17) is 0 Å². The first-order valence-electron chi connectivity index (χ1n) is 10.3. The SMILES string of the molecule is CC(C)(O)C(=O)NC1CCCCC1N1Cc2ccc(-c3noc(C(F)(F)F)n3)cc2C1=O. The molecule has 11 heteroatoms. The minimum Gasteiger partial charge on any atom is -0.381 e. The number of rotatable bonds is 4. The Kier molecular flexibility index (Phi) is 5.48. The molecular weight excluding hydrogens is 429 g/mol. The topological polar surface area (TPSA) is 109 Å². The first-order chi connectivity index (χ1) is 14.9. The summed E-state index contributed by atoms with van der Waals surface area (Å²) in [5.74, 6) is -2.47. The number of carbonyl (C=O) groups is 2. The van der Waals surface area contributed by atoms with Gasteiger partial charge in [0.15, 0.2) is 0 Å². The Morgan fingerprint density at radius 3 is 2.62 bits per heavy atom. The summed E-state index contributed by atoms with van der Waals surface area (Å²) in [6.07, 6.45) is -1.58. The van der Waals surface area contributed by atoms with E-state index in [0.717, 1.165) is 18.4 Å². The molecule has 1 aromatic heterocycles. The van der Waals surface area contributed by atoms with Crippen LogP contribution in [0.15, 0.2) is 22.7 Å². The van der Waals surface area contributed by atoms with Crippen LogP contribution in [0, 0.1) is 0 Å². The highest BCUT2D eigenvalue weighted by molar-refractivity contribution is 5.99. The highest BCUT2D eigenvalue weighted by Crippen LogP contribution is 2.34. The molecule has 1 aliphatic carbocycles. The summed E-state index contributed by atoms with van der Waals surface area (Å²) in [6, 6.07) is 4.14. The molecule has 1 saturated carbocycles. The number of carbonyl (C=O) groups excluding carboxylic acids is 2. The van der Waals surface area contributed by atoms with Crippen molar-refractivity contribution < 1.29 is 32.4 Å². The van der Waals surface area contributed by atoms with Crippen molar-refractivity contribution >= 4 is 11.8 Å². The van der Waals surface area contributed by atoms with Gasteiger partial charge >= 0.3 is 12.1 Å². The third kappa shape index (κ3) is 4.21. The Morgan fingerprint density at radius 1 is 1.25 bits per heavy atom. The summed E-state index contributed by atoms with van der Waals surface area (Å²) in [7, 11) is 0. The van der Waals surface area contributed by atoms with Crippen molar-refractivity contribution in [1.82, 2.24) is 20.4 Å². The number of aliphatic hydroxyl groups is 1. The third-order valence-electron chi connectivity index (χ3n) is 5.87. The lowest BCUT2D eigenvalue weighted by Crippen LogP contribution is -2.56. The molecule has 4 rings (SSSR count). The zero-order valence-corrected chi connectivity index (χ0v) is 17.6. The molecule has 0 radical (unpaired) electrons. The molecule has 2 atom stereocenters. The minimum atomic E-state index is -4.75. The number of hydrogen-bond donors (Lipinski definition) is 2. The lowest BCUT2D eigenvalue weighted by molar-refractivity contribution is -0.159. The van der Waals surface area contributed by atoms with Gasteiger partial charge in [-0.1, -0.05) is 30.1 Å². The second-order valence-electron chi connectivity index (χ2n) is 8.72. The molecule has 8 nitrogen and oxygen atoms in total. The molecule has 2 unspecified atom stereocenters. The van der Waals surface area contributed by atoms with Crippen LogP contribution in [-0.2, 0) is 17.5 Å². The molecule has 1 fully saturated rings. The van der Waals surface area contributed by atoms with Crippen LogP contribution in [-0.4, -0.2) is 49.6 Å². The normalized spacial score (nSPS) is 21.6. The standard InChI is InChI=1S/C21H23F3N4O4/c1-20(2,31)18(30)25-14-5-3-4-6-15(14)28-10-12-8-7-11(9-13(12)17(28)29)16-26-19(32-27-16)21(22,23)24/h7-9,14-15,31H,3-6,10H2,1-2H3,(H,25,30). The van der Waals surface area contributed by atoms with Crippen LogP contribution in [0.3, 0.4) is 0 Å². The van der Waals surface area contributed by atoms with Crippen molar-refractivity contribution in [2.75, 3.05) is 0 Å². The quantitative estimate of drug-likeness (QED) is 0.739. The summed E-state index contributed by atoms with van der Waals surface area (Å²) < 4.78 is 42.5. The van der Waals surface area contributed by atoms with E-state index in [9.17, 15) is 27.9 Å². The van der Waals surface area contributed by atoms with Crippen LogP contribution in [0.4, 0.5) is 13.2 Å². The summed E-state index contributed by atoms with van der Waals surface area (Å²) >= 11 is 0. The second-order valence-corrected chi connectivity index (χ2v) is 8.72. The van der Waals surface area contributed by atoms with E-state index in [1.54, 1.807) is 17.0 Å². The number of nitrogens with one attached hydrogen (secondary N) is 1. The molecule has 32 heavy (non-hydrogen) atoms. The number of benzene rings is 1. The molecule has 172 valence electrons. The monoisotopic (exact) mass is 452 g/mol. The number of halogens is 3. The fraction of sp³-hybridized carbons (Fsp3) is 0.524. The first-order valence-corrected chi connectivity index (χ1v) is 10.3. The number of aromatic nitrogens is 2. The molecule has 2 heterocycles. The number of alkyl halides is 3. The molecule has 0 spiro atoms. The van der Waals surface area contributed by atoms with E-state index in [2.05, 4.69) is 20.0 Å². The number of amides is 2. The van der Waals surface area contributed by atoms with Crippen molar-refractivity contribution in [1.29, 1.82) is 0 Å². The van der Waals surface area contributed by atoms with Crippen LogP contribution in [0.25, 0.3) is 11.4 Å². The van der Waals surface area contributed by atoms with E-state index in [0.29, 0.717) is 24.9 Å². The predicted octanol–water partition coefficient (Wildman–Crippen LogP) is 2.91. The molecule has 2 aliphatic rings. The van der Waals surface area contributed by atoms with E-state index < -0.39 is 23.6 Å². The van der Waals surface area contributed by atoms with Crippen LogP contribution in [0.5, 0.6) is 0 Å². The number of nitrogens with zero attached hydrogens (tertiary/aromatic N) is 3. The molecule has 1 aromatic carbocycles. The number of fused-ring (bicyclic) bond motifs is 1. The zero-order chi connectivity index (χ0) is 23.3. The van der Waals surface area contributed by atoms with Crippen molar-refractivity contribution in [2.45, 2.75) is 69.9 Å². The lowest BCUT2D eigenvalue weighted by Gasteiger charge is -2.39. The number of hydrogen-bond acceptors (Lipinski definition) is 6. The summed E-state index contributed by atoms with van der Waals surface area (Å²) in [6.45, 7) is 3.13. The van der Waals surface area contributed by atoms with Gasteiger partial charge < -0.3 is 19.8 Å². The second kappa shape index (κ2) is 7.88. The van der Waals surface area contributed by atoms with Gasteiger partial charge in [-0.2, -0.15) is 18.2 Å². The molecule has 2 aromatic rings. The van der Waals surface area contributed by atoms with Gasteiger partial charge in [-0.15, -0.1) is 0 Å². The molecule has 2 amide bonds. The Labute approximate surface area is 181 Å². The summed E-state index contributed by atoms with van der Waals surface area (Å²) in [5, 5.41) is 16.2. The molecule has 0 bridgehead atoms. The van der Waals surface area contributed by atoms with Gasteiger partial charge in [0.1, 0.15) is 5.60 Å². The van der Waals surface area contributed by atoms with Crippen LogP contribution >= 0.6 is 0 Å². The van der Waals surface area contributed by atoms with E-state index in [-0.39, 0.29) is 29.4 Å². The summed E-state index contributed by atoms with van der Waals surface area (Å²) in [4.78, 5) is 30.6. The van der Waals surface area contributed by atoms with E-state index in [1.807, 2.05) is 0 Å². The van der Waals surface area contributed by atoms with Gasteiger partial charge in [-0.3, -0.25) is 9.59 Å². The van der Waals surface area contributed by atoms with E-state index >= 15 is 0 Å². The zero-order valence-electron chi connectivity index (χ0n) is 17.6. The van der Waals surface area contributed by atoms with Crippen molar-refractivity contribution in [3.63, 3.8) is 0 Å². The van der Waals surface area contributed by atoms with E-state index in [1.165, 1.54) is 19.9 Å². The van der Waals surface area contributed by atoms with Gasteiger partial charge in [-0.05, 0) is 38.3 Å². The first kappa shape index (κ1) is 22.3. The van der Waals surface area contributed by atoms with Crippen LogP contribution in [0.2, 0.25) is 0 Å². The minimum absolute atomic E-state index is 0.244. The maximum Gasteiger partial charge on any atom is 0.471 e. The smallest absolute Gasteiger partial charge is 0.381 e. The summed E-state index contributed by atoms with van der Waals surface area (Å²) in [5.41, 5.74) is -0.196. The maximum absolute atomic E-state index is 13.2. The van der Waals surface area contributed by atoms with Gasteiger partial charge in [0.2, 0.25) is 5.82 Å². The van der Waals surface area contributed by atoms with Crippen molar-refractivity contribution in [3.8, 4) is 11.4 Å². The maximum atomic E-state index is 13.2. The average Bonchev–Trinajstić information content (AvgIpc) is 3.33. The van der Waals surface area contributed by atoms with Gasteiger partial charge in [-0.25, -0.2) is 0 Å². The highest BCUT2D eigenvalue weighted by atomic mass is 19.4. The van der Waals surface area contributed by atoms with Gasteiger partial charge in [0.05, 0.1) is 6.04 Å². The fourth-order valence-electron chi connectivity index (χ4n) is 4.18. The Bertz CT molecular complexity index is 1040. The third-order valence-corrected chi connectivity index (χ3v) is 5.87. The fourth-order valence-corrected chi connectivity index (χ4v) is 4.18. The molecule has 1 aliphatic heterocycles. The Morgan fingerprint density at radius 2 is 1.97 bits per heavy atom. The average molecular weight is 452 g/mol. The molecule has 0 saturated heterocycles. The Balaban J connectivity index is 1.56. The molecule has 2 N–H and O–H groups in total. The Hall–Kier alpha value is -2.95. The van der Waals surface area contributed by atoms with Crippen LogP contribution < -0.4 is 5.32 Å². The predicted molar refractivity (Wildman–Crippen MR) is 105 cm³/mol.